The molecular formula is C17H24ClFN2OS. The van der Waals surface area contributed by atoms with Crippen LogP contribution in [0.25, 0.3) is 0 Å². The largest absolute Gasteiger partial charge is 0.336 e. The van der Waals surface area contributed by atoms with Crippen LogP contribution in [0.15, 0.2) is 24.3 Å². The minimum absolute atomic E-state index is 0. The Morgan fingerprint density at radius 1 is 1.30 bits per heavy atom. The Kier molecular flexibility index (Phi) is 7.18. The molecule has 1 aromatic carbocycles. The Balaban J connectivity index is 0.00000192. The van der Waals surface area contributed by atoms with Gasteiger partial charge in [-0.1, -0.05) is 12.1 Å². The average molecular weight is 359 g/mol. The van der Waals surface area contributed by atoms with Gasteiger partial charge in [-0.05, 0) is 37.0 Å². The van der Waals surface area contributed by atoms with Crippen LogP contribution < -0.4 is 5.32 Å². The number of likely N-dealkylation sites (tertiary alicyclic amines) is 1. The molecule has 2 heterocycles. The van der Waals surface area contributed by atoms with E-state index in [4.69, 9.17) is 0 Å². The Labute approximate surface area is 147 Å². The van der Waals surface area contributed by atoms with Crippen molar-refractivity contribution in [1.82, 2.24) is 10.2 Å². The number of nitrogens with one attached hydrogen (secondary N) is 1. The van der Waals surface area contributed by atoms with Gasteiger partial charge in [-0.3, -0.25) is 4.79 Å². The molecule has 2 saturated heterocycles. The van der Waals surface area contributed by atoms with Gasteiger partial charge in [-0.2, -0.15) is 11.8 Å². The predicted octanol–water partition coefficient (Wildman–Crippen LogP) is 3.40. The normalized spacial score (nSPS) is 24.8. The van der Waals surface area contributed by atoms with E-state index in [9.17, 15) is 9.18 Å². The minimum Gasteiger partial charge on any atom is -0.336 e. The average Bonchev–Trinajstić information content (AvgIpc) is 2.56. The maximum Gasteiger partial charge on any atom is 0.224 e. The zero-order valence-electron chi connectivity index (χ0n) is 13.2. The summed E-state index contributed by atoms with van der Waals surface area (Å²) in [5, 5.41) is 3.43. The maximum atomic E-state index is 13.1. The van der Waals surface area contributed by atoms with E-state index < -0.39 is 0 Å². The SMILES string of the molecule is Cl.O=C(CC1CSCCN1)N1CCCCC1c1ccc(F)cc1. The molecule has 2 fully saturated rings. The van der Waals surface area contributed by atoms with Gasteiger partial charge in [0.05, 0.1) is 6.04 Å². The molecule has 2 aliphatic heterocycles. The molecule has 0 radical (unpaired) electrons. The standard InChI is InChI=1S/C17H23FN2OS.ClH/c18-14-6-4-13(5-7-14)16-3-1-2-9-20(16)17(21)11-15-12-22-10-8-19-15;/h4-7,15-16,19H,1-3,8-12H2;1H. The Morgan fingerprint density at radius 3 is 2.78 bits per heavy atom. The lowest BCUT2D eigenvalue weighted by atomic mass is 9.94. The van der Waals surface area contributed by atoms with Crippen LogP contribution in [0.5, 0.6) is 0 Å². The molecule has 1 aromatic rings. The fourth-order valence-corrected chi connectivity index (χ4v) is 4.29. The van der Waals surface area contributed by atoms with Crippen molar-refractivity contribution < 1.29 is 9.18 Å². The number of nitrogens with zero attached hydrogens (tertiary/aromatic N) is 1. The highest BCUT2D eigenvalue weighted by Gasteiger charge is 2.29. The second-order valence-corrected chi connectivity index (χ2v) is 7.23. The van der Waals surface area contributed by atoms with Gasteiger partial charge in [0.1, 0.15) is 5.82 Å². The summed E-state index contributed by atoms with van der Waals surface area (Å²) in [5.41, 5.74) is 1.06. The number of hydrogen-bond acceptors (Lipinski definition) is 3. The molecule has 0 spiro atoms. The predicted molar refractivity (Wildman–Crippen MR) is 95.7 cm³/mol. The van der Waals surface area contributed by atoms with Crippen LogP contribution in [0.3, 0.4) is 0 Å². The lowest BCUT2D eigenvalue weighted by molar-refractivity contribution is -0.135. The first kappa shape index (κ1) is 18.6. The van der Waals surface area contributed by atoms with Gasteiger partial charge < -0.3 is 10.2 Å². The van der Waals surface area contributed by atoms with E-state index in [0.717, 1.165) is 49.4 Å². The third kappa shape index (κ3) is 4.85. The summed E-state index contributed by atoms with van der Waals surface area (Å²) in [6.45, 7) is 1.81. The topological polar surface area (TPSA) is 32.3 Å². The summed E-state index contributed by atoms with van der Waals surface area (Å²) in [5.74, 6) is 2.16. The highest BCUT2D eigenvalue weighted by molar-refractivity contribution is 7.99. The Morgan fingerprint density at radius 2 is 2.09 bits per heavy atom. The first-order valence-electron chi connectivity index (χ1n) is 8.10. The summed E-state index contributed by atoms with van der Waals surface area (Å²) in [7, 11) is 0. The number of piperidine rings is 1. The lowest BCUT2D eigenvalue weighted by Gasteiger charge is -2.37. The monoisotopic (exact) mass is 358 g/mol. The van der Waals surface area contributed by atoms with Crippen molar-refractivity contribution in [2.24, 2.45) is 0 Å². The number of amides is 1. The van der Waals surface area contributed by atoms with E-state index in [1.807, 2.05) is 28.8 Å². The first-order chi connectivity index (χ1) is 10.7. The van der Waals surface area contributed by atoms with Crippen molar-refractivity contribution in [3.63, 3.8) is 0 Å². The summed E-state index contributed by atoms with van der Waals surface area (Å²) in [4.78, 5) is 14.7. The fraction of sp³-hybridized carbons (Fsp3) is 0.588. The minimum atomic E-state index is -0.221. The molecule has 128 valence electrons. The number of thioether (sulfide) groups is 1. The summed E-state index contributed by atoms with van der Waals surface area (Å²) >= 11 is 1.92. The third-order valence-electron chi connectivity index (χ3n) is 4.50. The van der Waals surface area contributed by atoms with Gasteiger partial charge in [0, 0.05) is 37.1 Å². The van der Waals surface area contributed by atoms with Crippen LogP contribution in [0, 0.1) is 5.82 Å². The number of benzene rings is 1. The molecule has 2 aliphatic rings. The number of carbonyl (C=O) groups excluding carboxylic acids is 1. The van der Waals surface area contributed by atoms with Crippen molar-refractivity contribution >= 4 is 30.1 Å². The van der Waals surface area contributed by atoms with Gasteiger partial charge in [-0.15, -0.1) is 12.4 Å². The van der Waals surface area contributed by atoms with Crippen molar-refractivity contribution in [2.45, 2.75) is 37.8 Å². The van der Waals surface area contributed by atoms with Crippen LogP contribution >= 0.6 is 24.2 Å². The van der Waals surface area contributed by atoms with Crippen molar-refractivity contribution in [3.05, 3.63) is 35.6 Å². The highest BCUT2D eigenvalue weighted by Crippen LogP contribution is 2.31. The summed E-state index contributed by atoms with van der Waals surface area (Å²) in [6, 6.07) is 7.03. The van der Waals surface area contributed by atoms with Crippen LogP contribution in [0.2, 0.25) is 0 Å². The quantitative estimate of drug-likeness (QED) is 0.898. The lowest BCUT2D eigenvalue weighted by Crippen LogP contribution is -2.45. The highest BCUT2D eigenvalue weighted by atomic mass is 35.5. The fourth-order valence-electron chi connectivity index (χ4n) is 3.34. The van der Waals surface area contributed by atoms with E-state index >= 15 is 0 Å². The second-order valence-electron chi connectivity index (χ2n) is 6.08. The van der Waals surface area contributed by atoms with E-state index in [-0.39, 0.29) is 30.2 Å². The number of rotatable bonds is 3. The molecule has 2 unspecified atom stereocenters. The molecule has 0 aromatic heterocycles. The van der Waals surface area contributed by atoms with Crippen LogP contribution in [0.4, 0.5) is 4.39 Å². The third-order valence-corrected chi connectivity index (χ3v) is 5.63. The van der Waals surface area contributed by atoms with Crippen LogP contribution in [-0.4, -0.2) is 41.4 Å². The van der Waals surface area contributed by atoms with Crippen LogP contribution in [-0.2, 0) is 4.79 Å². The Bertz CT molecular complexity index is 508. The van der Waals surface area contributed by atoms with E-state index in [2.05, 4.69) is 5.32 Å². The van der Waals surface area contributed by atoms with E-state index in [1.54, 1.807) is 0 Å². The van der Waals surface area contributed by atoms with Crippen molar-refractivity contribution in [2.75, 3.05) is 24.6 Å². The molecule has 3 nitrogen and oxygen atoms in total. The molecule has 0 aliphatic carbocycles. The molecule has 3 rings (SSSR count). The summed E-state index contributed by atoms with van der Waals surface area (Å²) in [6.07, 6.45) is 3.74. The summed E-state index contributed by atoms with van der Waals surface area (Å²) < 4.78 is 13.1. The van der Waals surface area contributed by atoms with Gasteiger partial charge >= 0.3 is 0 Å². The first-order valence-corrected chi connectivity index (χ1v) is 9.25. The number of hydrogen-bond donors (Lipinski definition) is 1. The smallest absolute Gasteiger partial charge is 0.224 e. The maximum absolute atomic E-state index is 13.1. The molecule has 6 heteroatoms. The molecule has 1 amide bonds. The van der Waals surface area contributed by atoms with Crippen LogP contribution in [0.1, 0.15) is 37.3 Å². The molecule has 2 atom stereocenters. The van der Waals surface area contributed by atoms with E-state index in [0.29, 0.717) is 12.5 Å². The molecule has 0 saturated carbocycles. The zero-order valence-corrected chi connectivity index (χ0v) is 14.8. The van der Waals surface area contributed by atoms with Gasteiger partial charge in [0.2, 0.25) is 5.91 Å². The molecular weight excluding hydrogens is 335 g/mol. The van der Waals surface area contributed by atoms with Crippen molar-refractivity contribution in [1.29, 1.82) is 0 Å². The molecule has 0 bridgehead atoms. The number of carbonyl (C=O) groups is 1. The number of halogens is 2. The second kappa shape index (κ2) is 8.90. The zero-order chi connectivity index (χ0) is 15.4. The Hall–Kier alpha value is -0.780. The van der Waals surface area contributed by atoms with Gasteiger partial charge in [0.15, 0.2) is 0 Å². The van der Waals surface area contributed by atoms with Gasteiger partial charge in [0.25, 0.3) is 0 Å². The van der Waals surface area contributed by atoms with E-state index in [1.165, 1.54) is 12.1 Å². The molecule has 23 heavy (non-hydrogen) atoms. The molecule has 1 N–H and O–H groups in total. The van der Waals surface area contributed by atoms with Crippen molar-refractivity contribution in [3.8, 4) is 0 Å². The van der Waals surface area contributed by atoms with Gasteiger partial charge in [-0.25, -0.2) is 4.39 Å².